The van der Waals surface area contributed by atoms with E-state index < -0.39 is 23.7 Å². The van der Waals surface area contributed by atoms with Crippen molar-refractivity contribution in [3.05, 3.63) is 35.9 Å². The second-order valence-electron chi connectivity index (χ2n) is 10.5. The Morgan fingerprint density at radius 3 is 2.17 bits per heavy atom. The molecule has 0 aliphatic carbocycles. The largest absolute Gasteiger partial charge is 0.464 e. The van der Waals surface area contributed by atoms with Crippen LogP contribution < -0.4 is 5.32 Å². The maximum atomic E-state index is 12.7. The van der Waals surface area contributed by atoms with Gasteiger partial charge in [0.1, 0.15) is 12.2 Å². The first kappa shape index (κ1) is 34.1. The molecular formula is C29H45N3O9. The summed E-state index contributed by atoms with van der Waals surface area (Å²) in [7, 11) is 0. The lowest BCUT2D eigenvalue weighted by Gasteiger charge is -2.41. The average molecular weight is 580 g/mol. The molecule has 1 saturated heterocycles. The fourth-order valence-electron chi connectivity index (χ4n) is 3.93. The van der Waals surface area contributed by atoms with Crippen molar-refractivity contribution in [1.29, 1.82) is 0 Å². The number of carbonyl (C=O) groups is 4. The first-order valence-corrected chi connectivity index (χ1v) is 14.0. The first-order chi connectivity index (χ1) is 19.6. The molecular weight excluding hydrogens is 534 g/mol. The van der Waals surface area contributed by atoms with Crippen LogP contribution >= 0.6 is 0 Å². The highest BCUT2D eigenvalue weighted by molar-refractivity contribution is 5.97. The van der Waals surface area contributed by atoms with E-state index in [4.69, 9.17) is 23.7 Å². The quantitative estimate of drug-likeness (QED) is 0.166. The zero-order valence-electron chi connectivity index (χ0n) is 24.7. The predicted molar refractivity (Wildman–Crippen MR) is 151 cm³/mol. The average Bonchev–Trinajstić information content (AvgIpc) is 2.93. The van der Waals surface area contributed by atoms with E-state index >= 15 is 0 Å². The minimum absolute atomic E-state index is 0.0135. The van der Waals surface area contributed by atoms with Gasteiger partial charge in [-0.25, -0.2) is 4.79 Å². The zero-order valence-corrected chi connectivity index (χ0v) is 24.7. The van der Waals surface area contributed by atoms with Gasteiger partial charge >= 0.3 is 12.1 Å². The van der Waals surface area contributed by atoms with Crippen LogP contribution in [0.2, 0.25) is 0 Å². The highest BCUT2D eigenvalue weighted by Gasteiger charge is 2.35. The van der Waals surface area contributed by atoms with E-state index in [2.05, 4.69) is 5.32 Å². The van der Waals surface area contributed by atoms with Crippen molar-refractivity contribution in [2.75, 3.05) is 79.0 Å². The monoisotopic (exact) mass is 579 g/mol. The van der Waals surface area contributed by atoms with Crippen molar-refractivity contribution in [2.24, 2.45) is 0 Å². The second-order valence-corrected chi connectivity index (χ2v) is 10.5. The number of hydrogen-bond acceptors (Lipinski definition) is 10. The fourth-order valence-corrected chi connectivity index (χ4v) is 3.93. The SMILES string of the molecule is CC(=O)OCC1CN(C(=O)CCOCCOCCOCCNCC(=O)c2ccccc2)CCN1C(=O)OC(C)(C)C. The van der Waals surface area contributed by atoms with Crippen LogP contribution in [-0.4, -0.2) is 124 Å². The molecule has 0 radical (unpaired) electrons. The van der Waals surface area contributed by atoms with Gasteiger partial charge in [0.2, 0.25) is 5.91 Å². The van der Waals surface area contributed by atoms with E-state index in [0.717, 1.165) is 0 Å². The van der Waals surface area contributed by atoms with E-state index in [1.807, 2.05) is 18.2 Å². The Morgan fingerprint density at radius 2 is 1.54 bits per heavy atom. The molecule has 1 aliphatic rings. The minimum Gasteiger partial charge on any atom is -0.464 e. The van der Waals surface area contributed by atoms with Gasteiger partial charge in [-0.1, -0.05) is 30.3 Å². The van der Waals surface area contributed by atoms with Gasteiger partial charge in [-0.2, -0.15) is 0 Å². The Kier molecular flexibility index (Phi) is 15.3. The van der Waals surface area contributed by atoms with Crippen molar-refractivity contribution in [1.82, 2.24) is 15.1 Å². The number of benzene rings is 1. The second kappa shape index (κ2) is 18.4. The summed E-state index contributed by atoms with van der Waals surface area (Å²) in [6, 6.07) is 8.65. The lowest BCUT2D eigenvalue weighted by Crippen LogP contribution is -2.59. The molecule has 1 aromatic rings. The number of amides is 2. The zero-order chi connectivity index (χ0) is 30.1. The lowest BCUT2D eigenvalue weighted by atomic mass is 10.1. The van der Waals surface area contributed by atoms with Crippen molar-refractivity contribution < 1.29 is 42.9 Å². The first-order valence-electron chi connectivity index (χ1n) is 14.0. The van der Waals surface area contributed by atoms with Crippen molar-refractivity contribution in [3.63, 3.8) is 0 Å². The molecule has 1 unspecified atom stereocenters. The molecule has 1 atom stereocenters. The molecule has 41 heavy (non-hydrogen) atoms. The van der Waals surface area contributed by atoms with Crippen molar-refractivity contribution in [3.8, 4) is 0 Å². The third-order valence-electron chi connectivity index (χ3n) is 5.95. The van der Waals surface area contributed by atoms with Gasteiger partial charge in [0.25, 0.3) is 0 Å². The predicted octanol–water partition coefficient (Wildman–Crippen LogP) is 1.91. The summed E-state index contributed by atoms with van der Waals surface area (Å²) >= 11 is 0. The standard InChI is InChI=1S/C29H45N3O9/c1-23(33)40-22-25-21-31(12-13-32(25)28(36)41-29(2,3)4)27(35)10-14-37-16-18-39-19-17-38-15-11-30-20-26(34)24-8-6-5-7-9-24/h5-9,25,30H,10-22H2,1-4H3. The Morgan fingerprint density at radius 1 is 0.902 bits per heavy atom. The van der Waals surface area contributed by atoms with Crippen molar-refractivity contribution >= 4 is 23.8 Å². The Bertz CT molecular complexity index is 953. The van der Waals surface area contributed by atoms with E-state index in [1.54, 1.807) is 37.8 Å². The molecule has 1 fully saturated rings. The van der Waals surface area contributed by atoms with Crippen LogP contribution in [-0.2, 0) is 33.3 Å². The Balaban J connectivity index is 1.52. The van der Waals surface area contributed by atoms with Gasteiger partial charge < -0.3 is 33.9 Å². The van der Waals surface area contributed by atoms with E-state index in [0.29, 0.717) is 51.7 Å². The molecule has 1 aromatic carbocycles. The van der Waals surface area contributed by atoms with Crippen LogP contribution in [0.1, 0.15) is 44.5 Å². The van der Waals surface area contributed by atoms with Crippen LogP contribution in [0, 0.1) is 0 Å². The maximum Gasteiger partial charge on any atom is 0.410 e. The molecule has 0 saturated carbocycles. The summed E-state index contributed by atoms with van der Waals surface area (Å²) in [5, 5.41) is 3.06. The highest BCUT2D eigenvalue weighted by Crippen LogP contribution is 2.17. The van der Waals surface area contributed by atoms with Crippen LogP contribution in [0.25, 0.3) is 0 Å². The number of hydrogen-bond donors (Lipinski definition) is 1. The molecule has 1 N–H and O–H groups in total. The number of piperazine rings is 1. The summed E-state index contributed by atoms with van der Waals surface area (Å²) in [5.74, 6) is -0.515. The van der Waals surface area contributed by atoms with Crippen LogP contribution in [0.15, 0.2) is 30.3 Å². The van der Waals surface area contributed by atoms with E-state index in [-0.39, 0.29) is 51.0 Å². The summed E-state index contributed by atoms with van der Waals surface area (Å²) < 4.78 is 27.1. The maximum absolute atomic E-state index is 12.7. The third kappa shape index (κ3) is 14.4. The Labute approximate surface area is 242 Å². The van der Waals surface area contributed by atoms with Crippen LogP contribution in [0.3, 0.4) is 0 Å². The van der Waals surface area contributed by atoms with E-state index in [1.165, 1.54) is 11.8 Å². The number of Topliss-reactive ketones (excluding diaryl/α,β-unsaturated/α-hetero) is 1. The molecule has 2 amide bonds. The molecule has 0 bridgehead atoms. The Hall–Kier alpha value is -3.06. The number of nitrogens with one attached hydrogen (secondary N) is 1. The molecule has 230 valence electrons. The summed E-state index contributed by atoms with van der Waals surface area (Å²) in [6.07, 6.45) is -0.308. The number of rotatable bonds is 17. The van der Waals surface area contributed by atoms with Gasteiger partial charge in [0, 0.05) is 38.7 Å². The van der Waals surface area contributed by atoms with Gasteiger partial charge in [0.15, 0.2) is 5.78 Å². The summed E-state index contributed by atoms with van der Waals surface area (Å²) in [6.45, 7) is 10.6. The molecule has 1 heterocycles. The molecule has 2 rings (SSSR count). The summed E-state index contributed by atoms with van der Waals surface area (Å²) in [5.41, 5.74) is 0.0245. The number of ether oxygens (including phenoxy) is 5. The van der Waals surface area contributed by atoms with Gasteiger partial charge in [-0.15, -0.1) is 0 Å². The highest BCUT2D eigenvalue weighted by atomic mass is 16.6. The fraction of sp³-hybridized carbons (Fsp3) is 0.655. The number of ketones is 1. The minimum atomic E-state index is -0.660. The smallest absolute Gasteiger partial charge is 0.410 e. The number of esters is 1. The van der Waals surface area contributed by atoms with Gasteiger partial charge in [0.05, 0.1) is 58.6 Å². The number of nitrogens with zero attached hydrogens (tertiary/aromatic N) is 2. The van der Waals surface area contributed by atoms with Crippen LogP contribution in [0.4, 0.5) is 4.79 Å². The van der Waals surface area contributed by atoms with Crippen LogP contribution in [0.5, 0.6) is 0 Å². The molecule has 0 spiro atoms. The third-order valence-corrected chi connectivity index (χ3v) is 5.95. The topological polar surface area (TPSA) is 133 Å². The molecule has 1 aliphatic heterocycles. The normalized spacial score (nSPS) is 15.5. The van der Waals surface area contributed by atoms with E-state index in [9.17, 15) is 19.2 Å². The molecule has 12 heteroatoms. The lowest BCUT2D eigenvalue weighted by molar-refractivity contribution is -0.144. The summed E-state index contributed by atoms with van der Waals surface area (Å²) in [4.78, 5) is 51.8. The van der Waals surface area contributed by atoms with Gasteiger partial charge in [-0.05, 0) is 20.8 Å². The van der Waals surface area contributed by atoms with Crippen molar-refractivity contribution in [2.45, 2.75) is 45.8 Å². The van der Waals surface area contributed by atoms with Gasteiger partial charge in [-0.3, -0.25) is 19.3 Å². The molecule has 12 nitrogen and oxygen atoms in total. The molecule has 0 aromatic heterocycles. The number of carbonyl (C=O) groups excluding carboxylic acids is 4.